The molecule has 124 valence electrons. The number of amides is 1. The molecule has 0 spiro atoms. The molecule has 1 N–H and O–H groups in total. The average Bonchev–Trinajstić information content (AvgIpc) is 2.94. The summed E-state index contributed by atoms with van der Waals surface area (Å²) in [7, 11) is 0. The first kappa shape index (κ1) is 16.5. The lowest BCUT2D eigenvalue weighted by Crippen LogP contribution is -2.13. The van der Waals surface area contributed by atoms with Crippen molar-refractivity contribution in [3.63, 3.8) is 0 Å². The molecule has 3 aromatic rings. The van der Waals surface area contributed by atoms with Gasteiger partial charge in [-0.05, 0) is 31.2 Å². The monoisotopic (exact) mass is 347 g/mol. The Labute approximate surface area is 143 Å². The quantitative estimate of drug-likeness (QED) is 0.705. The van der Waals surface area contributed by atoms with Crippen molar-refractivity contribution in [3.8, 4) is 0 Å². The summed E-state index contributed by atoms with van der Waals surface area (Å²) in [6, 6.07) is 11.1. The largest absolute Gasteiger partial charge is 0.451 e. The van der Waals surface area contributed by atoms with Crippen LogP contribution in [0.3, 0.4) is 0 Å². The molecule has 6 heteroatoms. The Bertz CT molecular complexity index is 891. The van der Waals surface area contributed by atoms with Gasteiger partial charge >= 0.3 is 0 Å². The predicted octanol–water partition coefficient (Wildman–Crippen LogP) is 5.01. The van der Waals surface area contributed by atoms with Crippen LogP contribution < -0.4 is 5.32 Å². The lowest BCUT2D eigenvalue weighted by atomic mass is 10.1. The van der Waals surface area contributed by atoms with Crippen LogP contribution in [0.2, 0.25) is 5.02 Å². The van der Waals surface area contributed by atoms with Gasteiger partial charge in [0, 0.05) is 17.6 Å². The van der Waals surface area contributed by atoms with Gasteiger partial charge in [-0.3, -0.25) is 4.79 Å². The normalized spacial score (nSPS) is 11.0. The van der Waals surface area contributed by atoms with Gasteiger partial charge in [-0.2, -0.15) is 0 Å². The summed E-state index contributed by atoms with van der Waals surface area (Å²) in [6.45, 7) is 2.65. The minimum atomic E-state index is -0.473. The smallest absolute Gasteiger partial charge is 0.291 e. The molecular weight excluding hydrogens is 333 g/mol. The van der Waals surface area contributed by atoms with E-state index in [2.05, 4.69) is 5.32 Å². The molecule has 1 amide bonds. The average molecular weight is 348 g/mol. The second kappa shape index (κ2) is 7.03. The molecule has 1 aromatic heterocycles. The van der Waals surface area contributed by atoms with Gasteiger partial charge in [-0.15, -0.1) is 0 Å². The summed E-state index contributed by atoms with van der Waals surface area (Å²) in [5, 5.41) is 3.58. The summed E-state index contributed by atoms with van der Waals surface area (Å²) < 4.78 is 24.3. The number of nitrogens with one attached hydrogen (secondary N) is 1. The lowest BCUT2D eigenvalue weighted by Gasteiger charge is -2.07. The van der Waals surface area contributed by atoms with E-state index in [1.807, 2.05) is 25.1 Å². The molecule has 0 radical (unpaired) electrons. The standard InChI is InChI=1S/C18H15ClFNO3/c1-2-23-10-13-12-5-3-4-6-16(12)24-17(13)18(22)21-15-8-7-11(20)9-14(15)19/h3-9H,2,10H2,1H3,(H,21,22). The highest BCUT2D eigenvalue weighted by Crippen LogP contribution is 2.29. The van der Waals surface area contributed by atoms with Crippen molar-refractivity contribution in [1.82, 2.24) is 0 Å². The van der Waals surface area contributed by atoms with E-state index in [4.69, 9.17) is 20.8 Å². The van der Waals surface area contributed by atoms with Crippen LogP contribution in [-0.4, -0.2) is 12.5 Å². The number of hydrogen-bond donors (Lipinski definition) is 1. The molecule has 0 fully saturated rings. The maximum absolute atomic E-state index is 13.1. The third kappa shape index (κ3) is 3.27. The molecule has 0 unspecified atom stereocenters. The van der Waals surface area contributed by atoms with E-state index in [1.165, 1.54) is 12.1 Å². The van der Waals surface area contributed by atoms with Gasteiger partial charge in [0.15, 0.2) is 5.76 Å². The van der Waals surface area contributed by atoms with Gasteiger partial charge in [0.25, 0.3) is 5.91 Å². The lowest BCUT2D eigenvalue weighted by molar-refractivity contribution is 0.0984. The van der Waals surface area contributed by atoms with E-state index in [-0.39, 0.29) is 17.4 Å². The van der Waals surface area contributed by atoms with E-state index in [1.54, 1.807) is 6.07 Å². The number of anilines is 1. The highest BCUT2D eigenvalue weighted by Gasteiger charge is 2.21. The molecule has 0 aliphatic carbocycles. The SMILES string of the molecule is CCOCc1c(C(=O)Nc2ccc(F)cc2Cl)oc2ccccc12. The van der Waals surface area contributed by atoms with Crippen LogP contribution in [0.15, 0.2) is 46.9 Å². The fourth-order valence-electron chi connectivity index (χ4n) is 2.40. The van der Waals surface area contributed by atoms with Gasteiger partial charge in [0.05, 0.1) is 17.3 Å². The topological polar surface area (TPSA) is 51.5 Å². The van der Waals surface area contributed by atoms with E-state index < -0.39 is 11.7 Å². The van der Waals surface area contributed by atoms with Crippen molar-refractivity contribution in [2.24, 2.45) is 0 Å². The van der Waals surface area contributed by atoms with Crippen molar-refractivity contribution in [2.45, 2.75) is 13.5 Å². The number of ether oxygens (including phenoxy) is 1. The Balaban J connectivity index is 1.96. The zero-order valence-electron chi connectivity index (χ0n) is 12.9. The second-order valence-electron chi connectivity index (χ2n) is 5.12. The van der Waals surface area contributed by atoms with Crippen molar-refractivity contribution in [3.05, 3.63) is 64.6 Å². The van der Waals surface area contributed by atoms with Crippen LogP contribution in [0, 0.1) is 5.82 Å². The predicted molar refractivity (Wildman–Crippen MR) is 90.9 cm³/mol. The Hall–Kier alpha value is -2.37. The van der Waals surface area contributed by atoms with Crippen LogP contribution >= 0.6 is 11.6 Å². The molecule has 0 aliphatic heterocycles. The van der Waals surface area contributed by atoms with Gasteiger partial charge in [-0.25, -0.2) is 4.39 Å². The van der Waals surface area contributed by atoms with Gasteiger partial charge in [-0.1, -0.05) is 29.8 Å². The Morgan fingerprint density at radius 1 is 1.29 bits per heavy atom. The van der Waals surface area contributed by atoms with Crippen LogP contribution in [-0.2, 0) is 11.3 Å². The molecule has 0 aliphatic rings. The number of hydrogen-bond acceptors (Lipinski definition) is 3. The third-order valence-electron chi connectivity index (χ3n) is 3.53. The number of benzene rings is 2. The number of carbonyl (C=O) groups is 1. The van der Waals surface area contributed by atoms with Gasteiger partial charge < -0.3 is 14.5 Å². The molecule has 4 nitrogen and oxygen atoms in total. The number of halogens is 2. The molecule has 1 heterocycles. The number of carbonyl (C=O) groups excluding carboxylic acids is 1. The zero-order valence-corrected chi connectivity index (χ0v) is 13.7. The van der Waals surface area contributed by atoms with Crippen molar-refractivity contribution >= 4 is 34.2 Å². The van der Waals surface area contributed by atoms with E-state index in [0.29, 0.717) is 23.4 Å². The summed E-state index contributed by atoms with van der Waals surface area (Å²) in [5.74, 6) is -0.779. The molecule has 0 bridgehead atoms. The fraction of sp³-hybridized carbons (Fsp3) is 0.167. The summed E-state index contributed by atoms with van der Waals surface area (Å²) in [6.07, 6.45) is 0. The second-order valence-corrected chi connectivity index (χ2v) is 5.53. The fourth-order valence-corrected chi connectivity index (χ4v) is 2.61. The molecule has 0 atom stereocenters. The minimum absolute atomic E-state index is 0.116. The molecular formula is C18H15ClFNO3. The number of furan rings is 1. The van der Waals surface area contributed by atoms with Gasteiger partial charge in [0.1, 0.15) is 11.4 Å². The summed E-state index contributed by atoms with van der Waals surface area (Å²) in [5.41, 5.74) is 1.58. The van der Waals surface area contributed by atoms with E-state index in [0.717, 1.165) is 11.5 Å². The zero-order chi connectivity index (χ0) is 17.1. The Morgan fingerprint density at radius 3 is 2.83 bits per heavy atom. The van der Waals surface area contributed by atoms with Crippen LogP contribution in [0.4, 0.5) is 10.1 Å². The van der Waals surface area contributed by atoms with Crippen molar-refractivity contribution < 1.29 is 18.3 Å². The Morgan fingerprint density at radius 2 is 2.08 bits per heavy atom. The van der Waals surface area contributed by atoms with E-state index in [9.17, 15) is 9.18 Å². The first-order valence-electron chi connectivity index (χ1n) is 7.44. The first-order chi connectivity index (χ1) is 11.6. The van der Waals surface area contributed by atoms with Crippen molar-refractivity contribution in [2.75, 3.05) is 11.9 Å². The summed E-state index contributed by atoms with van der Waals surface area (Å²) >= 11 is 5.95. The number of rotatable bonds is 5. The minimum Gasteiger partial charge on any atom is -0.451 e. The van der Waals surface area contributed by atoms with Crippen LogP contribution in [0.1, 0.15) is 23.0 Å². The highest BCUT2D eigenvalue weighted by molar-refractivity contribution is 6.33. The van der Waals surface area contributed by atoms with Crippen LogP contribution in [0.25, 0.3) is 11.0 Å². The third-order valence-corrected chi connectivity index (χ3v) is 3.85. The first-order valence-corrected chi connectivity index (χ1v) is 7.82. The van der Waals surface area contributed by atoms with Gasteiger partial charge in [0.2, 0.25) is 0 Å². The molecule has 3 rings (SSSR count). The van der Waals surface area contributed by atoms with Crippen molar-refractivity contribution in [1.29, 1.82) is 0 Å². The Kier molecular flexibility index (Phi) is 4.83. The number of fused-ring (bicyclic) bond motifs is 1. The van der Waals surface area contributed by atoms with Crippen LogP contribution in [0.5, 0.6) is 0 Å². The molecule has 2 aromatic carbocycles. The maximum Gasteiger partial charge on any atom is 0.291 e. The molecule has 0 saturated carbocycles. The maximum atomic E-state index is 13.1. The molecule has 0 saturated heterocycles. The summed E-state index contributed by atoms with van der Waals surface area (Å²) in [4.78, 5) is 12.6. The highest BCUT2D eigenvalue weighted by atomic mass is 35.5. The number of para-hydroxylation sites is 1. The van der Waals surface area contributed by atoms with E-state index >= 15 is 0 Å². The molecule has 24 heavy (non-hydrogen) atoms.